The van der Waals surface area contributed by atoms with Crippen LogP contribution in [0.2, 0.25) is 0 Å². The molecule has 1 aliphatic carbocycles. The maximum atomic E-state index is 11.6. The monoisotopic (exact) mass is 268 g/mol. The molecule has 1 aliphatic heterocycles. The van der Waals surface area contributed by atoms with Crippen molar-refractivity contribution in [3.63, 3.8) is 0 Å². The summed E-state index contributed by atoms with van der Waals surface area (Å²) in [5.74, 6) is -0.178. The van der Waals surface area contributed by atoms with E-state index in [1.165, 1.54) is 0 Å². The van der Waals surface area contributed by atoms with Crippen molar-refractivity contribution < 1.29 is 14.7 Å². The summed E-state index contributed by atoms with van der Waals surface area (Å²) in [7, 11) is 0. The van der Waals surface area contributed by atoms with E-state index in [1.807, 2.05) is 4.90 Å². The molecule has 1 saturated carbocycles. The molecule has 0 bridgehead atoms. The Bertz CT molecular complexity index is 342. The fourth-order valence-corrected chi connectivity index (χ4v) is 2.75. The van der Waals surface area contributed by atoms with Crippen molar-refractivity contribution in [3.8, 4) is 0 Å². The Morgan fingerprint density at radius 3 is 2.63 bits per heavy atom. The van der Waals surface area contributed by atoms with Crippen LogP contribution in [0.25, 0.3) is 0 Å². The average Bonchev–Trinajstić information content (AvgIpc) is 3.20. The number of carbonyl (C=O) groups is 2. The van der Waals surface area contributed by atoms with Gasteiger partial charge in [0, 0.05) is 19.0 Å². The molecule has 2 N–H and O–H groups in total. The number of nitrogens with one attached hydrogen (secondary N) is 1. The van der Waals surface area contributed by atoms with E-state index in [-0.39, 0.29) is 5.91 Å². The second-order valence-corrected chi connectivity index (χ2v) is 5.78. The van der Waals surface area contributed by atoms with Crippen LogP contribution in [0, 0.1) is 5.92 Å². The lowest BCUT2D eigenvalue weighted by molar-refractivity contribution is -0.146. The van der Waals surface area contributed by atoms with Crippen LogP contribution in [0.1, 0.15) is 45.4 Å². The van der Waals surface area contributed by atoms with Gasteiger partial charge in [0.15, 0.2) is 0 Å². The van der Waals surface area contributed by atoms with Crippen molar-refractivity contribution in [3.05, 3.63) is 0 Å². The van der Waals surface area contributed by atoms with Crippen molar-refractivity contribution in [2.24, 2.45) is 5.92 Å². The van der Waals surface area contributed by atoms with E-state index >= 15 is 0 Å². The van der Waals surface area contributed by atoms with Crippen LogP contribution in [0.15, 0.2) is 0 Å². The first-order valence-corrected chi connectivity index (χ1v) is 7.36. The number of piperidine rings is 1. The lowest BCUT2D eigenvalue weighted by atomic mass is 9.89. The summed E-state index contributed by atoms with van der Waals surface area (Å²) in [5, 5.41) is 12.2. The zero-order valence-corrected chi connectivity index (χ0v) is 11.6. The molecule has 2 fully saturated rings. The number of hydrogen-bond donors (Lipinski definition) is 2. The third-order valence-corrected chi connectivity index (χ3v) is 4.25. The lowest BCUT2D eigenvalue weighted by Gasteiger charge is -2.36. The molecule has 0 aromatic rings. The van der Waals surface area contributed by atoms with Crippen LogP contribution in [0.4, 0.5) is 0 Å². The topological polar surface area (TPSA) is 69.6 Å². The third kappa shape index (κ3) is 4.20. The number of hydrogen-bond acceptors (Lipinski definition) is 3. The fraction of sp³-hybridized carbons (Fsp3) is 0.857. The lowest BCUT2D eigenvalue weighted by Crippen LogP contribution is -2.48. The Labute approximate surface area is 114 Å². The smallest absolute Gasteiger partial charge is 0.320 e. The fourth-order valence-electron chi connectivity index (χ4n) is 2.75. The number of carboxylic acids is 1. The average molecular weight is 268 g/mol. The SMILES string of the molecule is CCC1CCN(CCC(=O)NC2CC2)C(C(=O)O)C1. The number of aliphatic carboxylic acids is 1. The van der Waals surface area contributed by atoms with Gasteiger partial charge in [-0.15, -0.1) is 0 Å². The molecule has 2 aliphatic rings. The summed E-state index contributed by atoms with van der Waals surface area (Å²) >= 11 is 0. The second kappa shape index (κ2) is 6.37. The molecular formula is C14H24N2O3. The van der Waals surface area contributed by atoms with Crippen LogP contribution in [0.5, 0.6) is 0 Å². The standard InChI is InChI=1S/C14H24N2O3/c1-2-10-5-7-16(12(9-10)14(18)19)8-6-13(17)15-11-3-4-11/h10-12H,2-9H2,1H3,(H,15,17)(H,18,19). The molecule has 1 amide bonds. The highest BCUT2D eigenvalue weighted by atomic mass is 16.4. The zero-order chi connectivity index (χ0) is 13.8. The van der Waals surface area contributed by atoms with E-state index in [9.17, 15) is 14.7 Å². The van der Waals surface area contributed by atoms with Crippen LogP contribution in [0.3, 0.4) is 0 Å². The molecule has 0 radical (unpaired) electrons. The largest absolute Gasteiger partial charge is 0.480 e. The van der Waals surface area contributed by atoms with Crippen LogP contribution >= 0.6 is 0 Å². The van der Waals surface area contributed by atoms with Gasteiger partial charge in [0.05, 0.1) is 0 Å². The zero-order valence-electron chi connectivity index (χ0n) is 11.6. The minimum atomic E-state index is -0.749. The summed E-state index contributed by atoms with van der Waals surface area (Å²) in [6, 6.07) is -0.0268. The van der Waals surface area contributed by atoms with Crippen LogP contribution in [-0.4, -0.2) is 47.1 Å². The molecule has 5 heteroatoms. The highest BCUT2D eigenvalue weighted by Gasteiger charge is 2.33. The Hall–Kier alpha value is -1.10. The summed E-state index contributed by atoms with van der Waals surface area (Å²) in [4.78, 5) is 24.9. The number of amides is 1. The van der Waals surface area contributed by atoms with Gasteiger partial charge in [0.25, 0.3) is 0 Å². The van der Waals surface area contributed by atoms with Gasteiger partial charge < -0.3 is 10.4 Å². The number of carbonyl (C=O) groups excluding carboxylic acids is 1. The summed E-state index contributed by atoms with van der Waals surface area (Å²) in [5.41, 5.74) is 0. The van der Waals surface area contributed by atoms with Gasteiger partial charge in [-0.25, -0.2) is 0 Å². The van der Waals surface area contributed by atoms with E-state index in [0.29, 0.717) is 24.9 Å². The quantitative estimate of drug-likeness (QED) is 0.760. The molecule has 0 spiro atoms. The van der Waals surface area contributed by atoms with E-state index in [1.54, 1.807) is 0 Å². The van der Waals surface area contributed by atoms with E-state index in [2.05, 4.69) is 12.2 Å². The van der Waals surface area contributed by atoms with Gasteiger partial charge in [-0.1, -0.05) is 13.3 Å². The maximum absolute atomic E-state index is 11.6. The molecule has 0 aromatic carbocycles. The predicted octanol–water partition coefficient (Wildman–Crippen LogP) is 1.23. The van der Waals surface area contributed by atoms with Crippen molar-refractivity contribution in [1.82, 2.24) is 10.2 Å². The Morgan fingerprint density at radius 1 is 1.32 bits per heavy atom. The first-order chi connectivity index (χ1) is 9.10. The van der Waals surface area contributed by atoms with Crippen LogP contribution < -0.4 is 5.32 Å². The third-order valence-electron chi connectivity index (χ3n) is 4.25. The van der Waals surface area contributed by atoms with Crippen molar-refractivity contribution >= 4 is 11.9 Å². The molecule has 19 heavy (non-hydrogen) atoms. The minimum Gasteiger partial charge on any atom is -0.480 e. The van der Waals surface area contributed by atoms with Crippen molar-refractivity contribution in [2.45, 2.75) is 57.5 Å². The Balaban J connectivity index is 1.79. The van der Waals surface area contributed by atoms with Gasteiger partial charge in [0.1, 0.15) is 6.04 Å². The van der Waals surface area contributed by atoms with Crippen LogP contribution in [-0.2, 0) is 9.59 Å². The molecule has 0 aromatic heterocycles. The van der Waals surface area contributed by atoms with Gasteiger partial charge in [0.2, 0.25) is 5.91 Å². The summed E-state index contributed by atoms with van der Waals surface area (Å²) in [6.07, 6.45) is 5.40. The van der Waals surface area contributed by atoms with E-state index in [0.717, 1.165) is 38.6 Å². The first-order valence-electron chi connectivity index (χ1n) is 7.36. The molecule has 2 rings (SSSR count). The minimum absolute atomic E-state index is 0.0595. The number of rotatable bonds is 6. The maximum Gasteiger partial charge on any atom is 0.320 e. The van der Waals surface area contributed by atoms with Crippen molar-refractivity contribution in [1.29, 1.82) is 0 Å². The number of nitrogens with zero attached hydrogens (tertiary/aromatic N) is 1. The van der Waals surface area contributed by atoms with E-state index < -0.39 is 12.0 Å². The van der Waals surface area contributed by atoms with Gasteiger partial charge >= 0.3 is 5.97 Å². The molecule has 1 saturated heterocycles. The highest BCUT2D eigenvalue weighted by molar-refractivity contribution is 5.77. The Morgan fingerprint density at radius 2 is 2.05 bits per heavy atom. The first kappa shape index (κ1) is 14.3. The molecule has 1 heterocycles. The molecule has 2 unspecified atom stereocenters. The van der Waals surface area contributed by atoms with Gasteiger partial charge in [-0.3, -0.25) is 14.5 Å². The van der Waals surface area contributed by atoms with Gasteiger partial charge in [-0.2, -0.15) is 0 Å². The normalized spacial score (nSPS) is 28.1. The predicted molar refractivity (Wildman–Crippen MR) is 71.8 cm³/mol. The molecular weight excluding hydrogens is 244 g/mol. The van der Waals surface area contributed by atoms with E-state index in [4.69, 9.17) is 0 Å². The summed E-state index contributed by atoms with van der Waals surface area (Å²) < 4.78 is 0. The molecule has 108 valence electrons. The summed E-state index contributed by atoms with van der Waals surface area (Å²) in [6.45, 7) is 3.47. The Kier molecular flexibility index (Phi) is 4.80. The number of likely N-dealkylation sites (tertiary alicyclic amines) is 1. The second-order valence-electron chi connectivity index (χ2n) is 5.78. The molecule has 2 atom stereocenters. The highest BCUT2D eigenvalue weighted by Crippen LogP contribution is 2.25. The number of carboxylic acid groups (broad SMARTS) is 1. The van der Waals surface area contributed by atoms with Gasteiger partial charge in [-0.05, 0) is 38.1 Å². The molecule has 5 nitrogen and oxygen atoms in total. The van der Waals surface area contributed by atoms with Crippen molar-refractivity contribution in [2.75, 3.05) is 13.1 Å².